The molecule has 0 saturated carbocycles. The summed E-state index contributed by atoms with van der Waals surface area (Å²) in [6.45, 7) is 6.64. The zero-order chi connectivity index (χ0) is 21.2. The first-order valence-electron chi connectivity index (χ1n) is 10.8. The van der Waals surface area contributed by atoms with Crippen LogP contribution >= 0.6 is 0 Å². The van der Waals surface area contributed by atoms with Gasteiger partial charge in [-0.1, -0.05) is 5.16 Å². The van der Waals surface area contributed by atoms with Crippen molar-refractivity contribution >= 4 is 17.7 Å². The summed E-state index contributed by atoms with van der Waals surface area (Å²) in [7, 11) is 0. The summed E-state index contributed by atoms with van der Waals surface area (Å²) >= 11 is 0. The number of piperazine rings is 1. The molecule has 0 aliphatic carbocycles. The predicted molar refractivity (Wildman–Crippen MR) is 115 cm³/mol. The molecule has 0 bridgehead atoms. The molecule has 0 aromatic carbocycles. The first kappa shape index (κ1) is 19.6. The number of piperidine rings is 1. The molecule has 9 heteroatoms. The van der Waals surface area contributed by atoms with E-state index in [0.29, 0.717) is 43.4 Å². The lowest BCUT2D eigenvalue weighted by molar-refractivity contribution is 0.0736. The van der Waals surface area contributed by atoms with Crippen LogP contribution < -0.4 is 9.80 Å². The maximum atomic E-state index is 12.9. The summed E-state index contributed by atoms with van der Waals surface area (Å²) in [5, 5.41) is 3.93. The molecule has 1 amide bonds. The molecule has 3 aromatic rings. The van der Waals surface area contributed by atoms with E-state index in [1.54, 1.807) is 29.4 Å². The average Bonchev–Trinajstić information content (AvgIpc) is 3.51. The molecule has 9 nitrogen and oxygen atoms in total. The van der Waals surface area contributed by atoms with E-state index < -0.39 is 0 Å². The van der Waals surface area contributed by atoms with Crippen molar-refractivity contribution in [1.82, 2.24) is 20.0 Å². The van der Waals surface area contributed by atoms with Crippen molar-refractivity contribution < 1.29 is 13.7 Å². The summed E-state index contributed by atoms with van der Waals surface area (Å²) < 4.78 is 10.6. The number of nitrogens with zero attached hydrogens (tertiary/aromatic N) is 6. The molecule has 0 atom stereocenters. The molecule has 0 radical (unpaired) electrons. The third kappa shape index (κ3) is 4.12. The summed E-state index contributed by atoms with van der Waals surface area (Å²) in [5.41, 5.74) is 1.26. The Morgan fingerprint density at radius 3 is 2.48 bits per heavy atom. The van der Waals surface area contributed by atoms with Gasteiger partial charge in [0.25, 0.3) is 5.91 Å². The molecule has 2 fully saturated rings. The summed E-state index contributed by atoms with van der Waals surface area (Å²) in [5.74, 6) is 2.62. The van der Waals surface area contributed by atoms with Gasteiger partial charge in [0.1, 0.15) is 5.82 Å². The standard InChI is InChI=1S/C22H26N6O3/c1-16-14-20(26-7-3-2-4-8-26)24-22(23-16)28-11-9-27(10-12-28)21(29)17-15-19(31-25-17)18-6-5-13-30-18/h5-6,13-15H,2-4,7-12H2,1H3. The van der Waals surface area contributed by atoms with Crippen LogP contribution in [0.15, 0.2) is 39.5 Å². The first-order valence-corrected chi connectivity index (χ1v) is 10.8. The topological polar surface area (TPSA) is 91.7 Å². The molecular formula is C22H26N6O3. The van der Waals surface area contributed by atoms with Gasteiger partial charge in [-0.3, -0.25) is 4.79 Å². The molecule has 0 spiro atoms. The molecule has 31 heavy (non-hydrogen) atoms. The van der Waals surface area contributed by atoms with Crippen LogP contribution in [-0.4, -0.2) is 65.2 Å². The highest BCUT2D eigenvalue weighted by Gasteiger charge is 2.27. The molecule has 2 saturated heterocycles. The van der Waals surface area contributed by atoms with Crippen LogP contribution in [0.3, 0.4) is 0 Å². The Labute approximate surface area is 180 Å². The van der Waals surface area contributed by atoms with Gasteiger partial charge in [0, 0.05) is 57.1 Å². The predicted octanol–water partition coefficient (Wildman–Crippen LogP) is 2.99. The average molecular weight is 422 g/mol. The van der Waals surface area contributed by atoms with Crippen molar-refractivity contribution in [2.45, 2.75) is 26.2 Å². The van der Waals surface area contributed by atoms with Crippen LogP contribution in [0.2, 0.25) is 0 Å². The van der Waals surface area contributed by atoms with Gasteiger partial charge in [0.15, 0.2) is 11.5 Å². The lowest BCUT2D eigenvalue weighted by atomic mass is 10.1. The monoisotopic (exact) mass is 422 g/mol. The second-order valence-electron chi connectivity index (χ2n) is 8.05. The summed E-state index contributed by atoms with van der Waals surface area (Å²) in [6.07, 6.45) is 5.27. The van der Waals surface area contributed by atoms with Gasteiger partial charge in [-0.15, -0.1) is 0 Å². The Kier molecular flexibility index (Phi) is 5.31. The van der Waals surface area contributed by atoms with E-state index >= 15 is 0 Å². The number of aromatic nitrogens is 3. The van der Waals surface area contributed by atoms with Gasteiger partial charge >= 0.3 is 0 Å². The number of carbonyl (C=O) groups excluding carboxylic acids is 1. The van der Waals surface area contributed by atoms with Gasteiger partial charge in [-0.2, -0.15) is 4.98 Å². The number of rotatable bonds is 4. The highest BCUT2D eigenvalue weighted by molar-refractivity contribution is 5.93. The van der Waals surface area contributed by atoms with E-state index in [1.165, 1.54) is 19.3 Å². The Morgan fingerprint density at radius 2 is 1.74 bits per heavy atom. The fourth-order valence-electron chi connectivity index (χ4n) is 4.15. The van der Waals surface area contributed by atoms with Crippen LogP contribution in [0.1, 0.15) is 35.4 Å². The Balaban J connectivity index is 1.24. The zero-order valence-electron chi connectivity index (χ0n) is 17.7. The Morgan fingerprint density at radius 1 is 0.935 bits per heavy atom. The number of anilines is 2. The molecule has 5 rings (SSSR count). The van der Waals surface area contributed by atoms with Crippen molar-refractivity contribution in [2.75, 3.05) is 49.1 Å². The Hall–Kier alpha value is -3.36. The summed E-state index contributed by atoms with van der Waals surface area (Å²) in [6, 6.07) is 7.23. The van der Waals surface area contributed by atoms with Crippen molar-refractivity contribution in [3.63, 3.8) is 0 Å². The summed E-state index contributed by atoms with van der Waals surface area (Å²) in [4.78, 5) is 28.7. The van der Waals surface area contributed by atoms with E-state index in [2.05, 4.69) is 26.0 Å². The van der Waals surface area contributed by atoms with Gasteiger partial charge < -0.3 is 23.6 Å². The molecule has 2 aliphatic rings. The molecule has 5 heterocycles. The SMILES string of the molecule is Cc1cc(N2CCCCC2)nc(N2CCN(C(=O)c3cc(-c4ccco4)on3)CC2)n1. The fourth-order valence-corrected chi connectivity index (χ4v) is 4.15. The highest BCUT2D eigenvalue weighted by Crippen LogP contribution is 2.23. The number of aryl methyl sites for hydroxylation is 1. The third-order valence-corrected chi connectivity index (χ3v) is 5.85. The number of amides is 1. The van der Waals surface area contributed by atoms with Crippen LogP contribution in [0, 0.1) is 6.92 Å². The maximum Gasteiger partial charge on any atom is 0.276 e. The quantitative estimate of drug-likeness (QED) is 0.634. The van der Waals surface area contributed by atoms with Crippen molar-refractivity contribution in [3.8, 4) is 11.5 Å². The molecule has 0 N–H and O–H groups in total. The van der Waals surface area contributed by atoms with Crippen LogP contribution in [0.4, 0.5) is 11.8 Å². The second-order valence-corrected chi connectivity index (χ2v) is 8.05. The number of carbonyl (C=O) groups is 1. The van der Waals surface area contributed by atoms with E-state index in [9.17, 15) is 4.79 Å². The van der Waals surface area contributed by atoms with Crippen molar-refractivity contribution in [3.05, 3.63) is 41.9 Å². The highest BCUT2D eigenvalue weighted by atomic mass is 16.5. The molecular weight excluding hydrogens is 396 g/mol. The van der Waals surface area contributed by atoms with E-state index in [0.717, 1.165) is 30.5 Å². The minimum absolute atomic E-state index is 0.139. The minimum atomic E-state index is -0.139. The lowest BCUT2D eigenvalue weighted by Gasteiger charge is -2.35. The van der Waals surface area contributed by atoms with Gasteiger partial charge in [0.05, 0.1) is 6.26 Å². The van der Waals surface area contributed by atoms with Crippen LogP contribution in [0.5, 0.6) is 0 Å². The van der Waals surface area contributed by atoms with E-state index in [4.69, 9.17) is 13.9 Å². The van der Waals surface area contributed by atoms with E-state index in [1.807, 2.05) is 6.92 Å². The van der Waals surface area contributed by atoms with Crippen molar-refractivity contribution in [2.24, 2.45) is 0 Å². The number of hydrogen-bond acceptors (Lipinski definition) is 8. The first-order chi connectivity index (χ1) is 15.2. The van der Waals surface area contributed by atoms with Crippen molar-refractivity contribution in [1.29, 1.82) is 0 Å². The largest absolute Gasteiger partial charge is 0.461 e. The molecule has 0 unspecified atom stereocenters. The maximum absolute atomic E-state index is 12.9. The molecule has 162 valence electrons. The molecule has 3 aromatic heterocycles. The third-order valence-electron chi connectivity index (χ3n) is 5.85. The number of furan rings is 1. The van der Waals surface area contributed by atoms with Crippen LogP contribution in [0.25, 0.3) is 11.5 Å². The van der Waals surface area contributed by atoms with Crippen LogP contribution in [-0.2, 0) is 0 Å². The van der Waals surface area contributed by atoms with E-state index in [-0.39, 0.29) is 5.91 Å². The molecule has 2 aliphatic heterocycles. The normalized spacial score (nSPS) is 17.3. The lowest BCUT2D eigenvalue weighted by Crippen LogP contribution is -2.49. The van der Waals surface area contributed by atoms with Gasteiger partial charge in [-0.25, -0.2) is 4.98 Å². The Bertz CT molecular complexity index is 1030. The van der Waals surface area contributed by atoms with Gasteiger partial charge in [-0.05, 0) is 38.3 Å². The fraction of sp³-hybridized carbons (Fsp3) is 0.455. The number of hydrogen-bond donors (Lipinski definition) is 0. The smallest absolute Gasteiger partial charge is 0.276 e. The van der Waals surface area contributed by atoms with Gasteiger partial charge in [0.2, 0.25) is 11.7 Å². The second kappa shape index (κ2) is 8.41. The minimum Gasteiger partial charge on any atom is -0.461 e. The zero-order valence-corrected chi connectivity index (χ0v) is 17.7.